The van der Waals surface area contributed by atoms with Crippen molar-refractivity contribution in [1.82, 2.24) is 20.1 Å². The van der Waals surface area contributed by atoms with Crippen LogP contribution in [0, 0.1) is 0 Å². The second-order valence-corrected chi connectivity index (χ2v) is 6.02. The Labute approximate surface area is 135 Å². The lowest BCUT2D eigenvalue weighted by atomic mass is 10.2. The van der Waals surface area contributed by atoms with Gasteiger partial charge in [0.05, 0.1) is 17.6 Å². The molecule has 0 saturated heterocycles. The minimum Gasteiger partial charge on any atom is -0.492 e. The van der Waals surface area contributed by atoms with Gasteiger partial charge in [-0.15, -0.1) is 0 Å². The van der Waals surface area contributed by atoms with E-state index in [2.05, 4.69) is 53.3 Å². The molecule has 7 heteroatoms. The lowest BCUT2D eigenvalue weighted by molar-refractivity contribution is 0.333. The van der Waals surface area contributed by atoms with Crippen molar-refractivity contribution in [3.63, 3.8) is 0 Å². The topological polar surface area (TPSA) is 52.0 Å². The quantitative estimate of drug-likeness (QED) is 0.805. The number of rotatable bonds is 6. The molecule has 0 aliphatic rings. The number of benzene rings is 1. The maximum Gasteiger partial charge on any atom is 0.164 e. The number of ether oxygens (including phenoxy) is 1. The predicted molar refractivity (Wildman–Crippen MR) is 84.6 cm³/mol. The van der Waals surface area contributed by atoms with Crippen molar-refractivity contribution in [2.24, 2.45) is 7.05 Å². The largest absolute Gasteiger partial charge is 0.492 e. The molecular weight excluding hydrogens is 388 g/mol. The van der Waals surface area contributed by atoms with Crippen LogP contribution in [0.4, 0.5) is 0 Å². The van der Waals surface area contributed by atoms with E-state index in [0.29, 0.717) is 19.7 Å². The van der Waals surface area contributed by atoms with Gasteiger partial charge in [-0.1, -0.05) is 15.9 Å². The summed E-state index contributed by atoms with van der Waals surface area (Å²) in [6.07, 6.45) is 1.69. The molecule has 0 saturated carbocycles. The van der Waals surface area contributed by atoms with Gasteiger partial charge in [-0.3, -0.25) is 4.68 Å². The number of hydrogen-bond donors (Lipinski definition) is 1. The summed E-state index contributed by atoms with van der Waals surface area (Å²) in [6.45, 7) is 3.92. The van der Waals surface area contributed by atoms with Gasteiger partial charge in [0.15, 0.2) is 5.82 Å². The van der Waals surface area contributed by atoms with E-state index < -0.39 is 0 Å². The van der Waals surface area contributed by atoms with Crippen LogP contribution in [0.15, 0.2) is 27.4 Å². The molecule has 1 N–H and O–H groups in total. The van der Waals surface area contributed by atoms with Crippen molar-refractivity contribution in [2.45, 2.75) is 20.0 Å². The van der Waals surface area contributed by atoms with Gasteiger partial charge in [-0.05, 0) is 35.0 Å². The third-order valence-corrected chi connectivity index (χ3v) is 3.67. The molecule has 0 bridgehead atoms. The molecule has 0 atom stereocenters. The lowest BCUT2D eigenvalue weighted by Gasteiger charge is -2.13. The monoisotopic (exact) mass is 402 g/mol. The van der Waals surface area contributed by atoms with Crippen LogP contribution < -0.4 is 10.1 Å². The summed E-state index contributed by atoms with van der Waals surface area (Å²) >= 11 is 7.03. The Bertz CT molecular complexity index is 586. The Morgan fingerprint density at radius 2 is 2.10 bits per heavy atom. The summed E-state index contributed by atoms with van der Waals surface area (Å²) in [5.41, 5.74) is 1.09. The van der Waals surface area contributed by atoms with Crippen LogP contribution in [0.5, 0.6) is 5.75 Å². The minimum atomic E-state index is 0.622. The van der Waals surface area contributed by atoms with E-state index in [1.165, 1.54) is 0 Å². The zero-order valence-corrected chi connectivity index (χ0v) is 14.5. The maximum atomic E-state index is 5.69. The summed E-state index contributed by atoms with van der Waals surface area (Å²) < 4.78 is 9.34. The Hall–Kier alpha value is -0.920. The number of hydrogen-bond acceptors (Lipinski definition) is 4. The highest BCUT2D eigenvalue weighted by Crippen LogP contribution is 2.32. The first-order chi connectivity index (χ1) is 9.60. The van der Waals surface area contributed by atoms with E-state index in [9.17, 15) is 0 Å². The van der Waals surface area contributed by atoms with Crippen LogP contribution in [0.25, 0.3) is 0 Å². The zero-order valence-electron chi connectivity index (χ0n) is 11.4. The number of halogens is 2. The molecule has 0 aliphatic carbocycles. The SMILES string of the molecule is CCOc1c(Br)cc(Br)cc1CNCc1ncn(C)n1. The van der Waals surface area contributed by atoms with E-state index in [1.807, 2.05) is 20.0 Å². The molecule has 2 aromatic rings. The first kappa shape index (κ1) is 15.5. The Morgan fingerprint density at radius 1 is 1.30 bits per heavy atom. The first-order valence-corrected chi connectivity index (χ1v) is 7.84. The third kappa shape index (κ3) is 4.04. The number of aryl methyl sites for hydroxylation is 1. The van der Waals surface area contributed by atoms with Gasteiger partial charge in [-0.2, -0.15) is 5.10 Å². The average molecular weight is 404 g/mol. The molecule has 1 aromatic heterocycles. The molecule has 2 rings (SSSR count). The second kappa shape index (κ2) is 7.19. The van der Waals surface area contributed by atoms with Crippen molar-refractivity contribution >= 4 is 31.9 Å². The van der Waals surface area contributed by atoms with E-state index in [4.69, 9.17) is 4.74 Å². The van der Waals surface area contributed by atoms with Crippen molar-refractivity contribution < 1.29 is 4.74 Å². The standard InChI is InChI=1S/C13H16Br2N4O/c1-3-20-13-9(4-10(14)5-11(13)15)6-16-7-12-17-8-19(2)18-12/h4-5,8,16H,3,6-7H2,1-2H3. The van der Waals surface area contributed by atoms with Crippen molar-refractivity contribution in [1.29, 1.82) is 0 Å². The summed E-state index contributed by atoms with van der Waals surface area (Å²) in [7, 11) is 1.86. The van der Waals surface area contributed by atoms with Crippen LogP contribution in [-0.2, 0) is 20.1 Å². The molecule has 20 heavy (non-hydrogen) atoms. The van der Waals surface area contributed by atoms with E-state index in [0.717, 1.165) is 26.1 Å². The number of nitrogens with one attached hydrogen (secondary N) is 1. The van der Waals surface area contributed by atoms with Gasteiger partial charge in [0.2, 0.25) is 0 Å². The molecule has 5 nitrogen and oxygen atoms in total. The lowest BCUT2D eigenvalue weighted by Crippen LogP contribution is -2.15. The Balaban J connectivity index is 2.04. The van der Waals surface area contributed by atoms with Crippen LogP contribution in [0.1, 0.15) is 18.3 Å². The summed E-state index contributed by atoms with van der Waals surface area (Å²) in [6, 6.07) is 4.03. The third-order valence-electron chi connectivity index (χ3n) is 2.62. The van der Waals surface area contributed by atoms with Crippen molar-refractivity contribution in [3.8, 4) is 5.75 Å². The molecule has 0 fully saturated rings. The van der Waals surface area contributed by atoms with E-state index >= 15 is 0 Å². The molecule has 0 amide bonds. The van der Waals surface area contributed by atoms with Gasteiger partial charge in [-0.25, -0.2) is 4.98 Å². The van der Waals surface area contributed by atoms with Crippen LogP contribution in [0.3, 0.4) is 0 Å². The minimum absolute atomic E-state index is 0.622. The summed E-state index contributed by atoms with van der Waals surface area (Å²) in [5.74, 6) is 1.65. The molecule has 0 unspecified atom stereocenters. The van der Waals surface area contributed by atoms with Gasteiger partial charge in [0.1, 0.15) is 12.1 Å². The second-order valence-electron chi connectivity index (χ2n) is 4.25. The highest BCUT2D eigenvalue weighted by molar-refractivity contribution is 9.11. The molecule has 0 aliphatic heterocycles. The van der Waals surface area contributed by atoms with Gasteiger partial charge in [0.25, 0.3) is 0 Å². The highest BCUT2D eigenvalue weighted by atomic mass is 79.9. The molecule has 108 valence electrons. The first-order valence-electron chi connectivity index (χ1n) is 6.26. The number of aromatic nitrogens is 3. The molecular formula is C13H16Br2N4O. The molecule has 1 heterocycles. The predicted octanol–water partition coefficient (Wildman–Crippen LogP) is 3.03. The summed E-state index contributed by atoms with van der Waals surface area (Å²) in [5, 5.41) is 7.55. The summed E-state index contributed by atoms with van der Waals surface area (Å²) in [4.78, 5) is 4.18. The normalized spacial score (nSPS) is 10.8. The molecule has 0 radical (unpaired) electrons. The fourth-order valence-electron chi connectivity index (χ4n) is 1.82. The van der Waals surface area contributed by atoms with Crippen LogP contribution in [0.2, 0.25) is 0 Å². The van der Waals surface area contributed by atoms with E-state index in [-0.39, 0.29) is 0 Å². The van der Waals surface area contributed by atoms with Crippen LogP contribution >= 0.6 is 31.9 Å². The van der Waals surface area contributed by atoms with Gasteiger partial charge >= 0.3 is 0 Å². The fourth-order valence-corrected chi connectivity index (χ4v) is 3.25. The fraction of sp³-hybridized carbons (Fsp3) is 0.385. The Kier molecular flexibility index (Phi) is 5.56. The van der Waals surface area contributed by atoms with Gasteiger partial charge < -0.3 is 10.1 Å². The maximum absolute atomic E-state index is 5.69. The zero-order chi connectivity index (χ0) is 14.5. The Morgan fingerprint density at radius 3 is 2.75 bits per heavy atom. The van der Waals surface area contributed by atoms with Crippen molar-refractivity contribution in [3.05, 3.63) is 38.8 Å². The van der Waals surface area contributed by atoms with Crippen molar-refractivity contribution in [2.75, 3.05) is 6.61 Å². The average Bonchev–Trinajstić information content (AvgIpc) is 2.79. The van der Waals surface area contributed by atoms with E-state index in [1.54, 1.807) is 11.0 Å². The molecule has 0 spiro atoms. The van der Waals surface area contributed by atoms with Gasteiger partial charge in [0, 0.05) is 23.6 Å². The van der Waals surface area contributed by atoms with Crippen LogP contribution in [-0.4, -0.2) is 21.4 Å². The molecule has 1 aromatic carbocycles. The smallest absolute Gasteiger partial charge is 0.164 e. The highest BCUT2D eigenvalue weighted by Gasteiger charge is 2.10. The number of nitrogens with zero attached hydrogens (tertiary/aromatic N) is 3.